The lowest BCUT2D eigenvalue weighted by Crippen LogP contribution is -2.39. The Labute approximate surface area is 181 Å². The molecule has 0 saturated heterocycles. The predicted octanol–water partition coefficient (Wildman–Crippen LogP) is 5.46. The van der Waals surface area contributed by atoms with Crippen LogP contribution in [-0.2, 0) is 6.42 Å². The van der Waals surface area contributed by atoms with Gasteiger partial charge in [0.2, 0.25) is 0 Å². The number of rotatable bonds is 6. The maximum absolute atomic E-state index is 6.36. The first-order valence-electron chi connectivity index (χ1n) is 10.5. The summed E-state index contributed by atoms with van der Waals surface area (Å²) in [6.07, 6.45) is 2.26. The van der Waals surface area contributed by atoms with E-state index >= 15 is 0 Å². The highest BCUT2D eigenvalue weighted by Crippen LogP contribution is 2.38. The molecule has 1 aliphatic rings. The van der Waals surface area contributed by atoms with E-state index in [0.29, 0.717) is 6.61 Å². The van der Waals surface area contributed by atoms with Gasteiger partial charge in [-0.15, -0.1) is 11.3 Å². The molecule has 0 aliphatic carbocycles. The maximum atomic E-state index is 6.36. The second-order valence-electron chi connectivity index (χ2n) is 8.09. The Morgan fingerprint density at radius 1 is 1.10 bits per heavy atom. The monoisotopic (exact) mass is 418 g/mol. The van der Waals surface area contributed by atoms with Crippen LogP contribution in [0.1, 0.15) is 17.7 Å². The highest BCUT2D eigenvalue weighted by molar-refractivity contribution is 7.17. The molecular weight excluding hydrogens is 392 g/mol. The van der Waals surface area contributed by atoms with E-state index in [-0.39, 0.29) is 6.10 Å². The second-order valence-corrected chi connectivity index (χ2v) is 9.00. The molecule has 4 aromatic rings. The Morgan fingerprint density at radius 3 is 2.93 bits per heavy atom. The molecular formula is C25H26N2O2S. The molecule has 4 nitrogen and oxygen atoms in total. The molecule has 0 radical (unpaired) electrons. The summed E-state index contributed by atoms with van der Waals surface area (Å²) in [5.41, 5.74) is 3.42. The molecule has 0 spiro atoms. The van der Waals surface area contributed by atoms with Gasteiger partial charge >= 0.3 is 0 Å². The van der Waals surface area contributed by atoms with Gasteiger partial charge in [0.1, 0.15) is 12.7 Å². The van der Waals surface area contributed by atoms with Crippen LogP contribution < -0.4 is 9.47 Å². The lowest BCUT2D eigenvalue weighted by atomic mass is 10.1. The molecule has 5 heteroatoms. The van der Waals surface area contributed by atoms with Crippen LogP contribution >= 0.6 is 11.3 Å². The molecule has 1 aliphatic heterocycles. The Balaban J connectivity index is 1.20. The van der Waals surface area contributed by atoms with Gasteiger partial charge in [-0.3, -0.25) is 4.98 Å². The minimum Gasteiger partial charge on any atom is -0.486 e. The number of benzene rings is 2. The quantitative estimate of drug-likeness (QED) is 0.416. The van der Waals surface area contributed by atoms with Gasteiger partial charge in [-0.2, -0.15) is 0 Å². The van der Waals surface area contributed by atoms with Gasteiger partial charge in [0.25, 0.3) is 0 Å². The fourth-order valence-corrected chi connectivity index (χ4v) is 5.17. The third-order valence-electron chi connectivity index (χ3n) is 5.70. The highest BCUT2D eigenvalue weighted by Gasteiger charge is 2.24. The van der Waals surface area contributed by atoms with Crippen molar-refractivity contribution in [2.45, 2.75) is 25.9 Å². The smallest absolute Gasteiger partial charge is 0.171 e. The third kappa shape index (κ3) is 3.87. The summed E-state index contributed by atoms with van der Waals surface area (Å²) in [6, 6.07) is 16.8. The average molecular weight is 419 g/mol. The number of thiophene rings is 1. The molecule has 5 rings (SSSR count). The summed E-state index contributed by atoms with van der Waals surface area (Å²) in [5, 5.41) is 4.73. The van der Waals surface area contributed by atoms with Crippen LogP contribution in [0.3, 0.4) is 0 Å². The third-order valence-corrected chi connectivity index (χ3v) is 6.71. The van der Waals surface area contributed by atoms with Crippen molar-refractivity contribution in [2.24, 2.45) is 0 Å². The topological polar surface area (TPSA) is 34.6 Å². The van der Waals surface area contributed by atoms with E-state index in [4.69, 9.17) is 9.47 Å². The average Bonchev–Trinajstić information content (AvgIpc) is 3.16. The van der Waals surface area contributed by atoms with Crippen LogP contribution in [0.25, 0.3) is 21.0 Å². The van der Waals surface area contributed by atoms with Crippen molar-refractivity contribution in [3.8, 4) is 11.5 Å². The summed E-state index contributed by atoms with van der Waals surface area (Å²) in [6.45, 7) is 4.47. The van der Waals surface area contributed by atoms with Crippen molar-refractivity contribution in [3.05, 3.63) is 65.2 Å². The van der Waals surface area contributed by atoms with Gasteiger partial charge in [-0.25, -0.2) is 0 Å². The zero-order valence-electron chi connectivity index (χ0n) is 17.4. The van der Waals surface area contributed by atoms with Crippen molar-refractivity contribution >= 4 is 32.3 Å². The first-order valence-corrected chi connectivity index (χ1v) is 11.4. The number of aryl methyl sites for hydroxylation is 2. The molecule has 1 unspecified atom stereocenters. The van der Waals surface area contributed by atoms with Crippen LogP contribution in [-0.4, -0.2) is 42.7 Å². The maximum Gasteiger partial charge on any atom is 0.171 e. The molecule has 1 atom stereocenters. The Kier molecular flexibility index (Phi) is 5.32. The summed E-state index contributed by atoms with van der Waals surface area (Å²) in [5.74, 6) is 1.64. The normalized spacial score (nSPS) is 15.9. The second kappa shape index (κ2) is 8.25. The SMILES string of the molecule is Cc1ccc2c3c(ccc2n1)OCC(CN(C)CCCc1csc2ccccc12)O3. The standard InChI is InChI=1S/C25H26N2O2S/c1-17-9-10-21-22(26-17)11-12-23-25(21)29-19(15-28-23)14-27(2)13-5-6-18-16-30-24-8-4-3-7-20(18)24/h3-4,7-12,16,19H,5-6,13-15H2,1-2H3. The first-order chi connectivity index (χ1) is 14.7. The summed E-state index contributed by atoms with van der Waals surface area (Å²) >= 11 is 1.84. The number of ether oxygens (including phenoxy) is 2. The zero-order valence-corrected chi connectivity index (χ0v) is 18.2. The van der Waals surface area contributed by atoms with Crippen molar-refractivity contribution in [1.29, 1.82) is 0 Å². The van der Waals surface area contributed by atoms with Crippen molar-refractivity contribution < 1.29 is 9.47 Å². The number of aromatic nitrogens is 1. The zero-order chi connectivity index (χ0) is 20.5. The molecule has 0 bridgehead atoms. The summed E-state index contributed by atoms with van der Waals surface area (Å²) in [4.78, 5) is 6.96. The molecule has 2 aromatic carbocycles. The fraction of sp³-hybridized carbons (Fsp3) is 0.320. The van der Waals surface area contributed by atoms with Crippen molar-refractivity contribution in [1.82, 2.24) is 9.88 Å². The van der Waals surface area contributed by atoms with Gasteiger partial charge in [0.15, 0.2) is 11.5 Å². The Morgan fingerprint density at radius 2 is 2.00 bits per heavy atom. The van der Waals surface area contributed by atoms with E-state index in [1.807, 2.05) is 36.5 Å². The molecule has 3 heterocycles. The van der Waals surface area contributed by atoms with Gasteiger partial charge in [0, 0.05) is 22.3 Å². The number of fused-ring (bicyclic) bond motifs is 4. The van der Waals surface area contributed by atoms with Gasteiger partial charge in [-0.05, 0) is 80.0 Å². The first kappa shape index (κ1) is 19.3. The molecule has 0 fully saturated rings. The van der Waals surface area contributed by atoms with Gasteiger partial charge in [0.05, 0.1) is 5.52 Å². The molecule has 2 aromatic heterocycles. The van der Waals surface area contributed by atoms with Crippen molar-refractivity contribution in [2.75, 3.05) is 26.7 Å². The number of hydrogen-bond acceptors (Lipinski definition) is 5. The van der Waals surface area contributed by atoms with Gasteiger partial charge < -0.3 is 14.4 Å². The van der Waals surface area contributed by atoms with Crippen molar-refractivity contribution in [3.63, 3.8) is 0 Å². The van der Waals surface area contributed by atoms with Crippen LogP contribution in [0.4, 0.5) is 0 Å². The molecule has 0 saturated carbocycles. The van der Waals surface area contributed by atoms with E-state index in [0.717, 1.165) is 54.0 Å². The molecule has 154 valence electrons. The largest absolute Gasteiger partial charge is 0.486 e. The minimum atomic E-state index is 0.0244. The Bertz CT molecular complexity index is 1190. The Hall–Kier alpha value is -2.63. The highest BCUT2D eigenvalue weighted by atomic mass is 32.1. The van der Waals surface area contributed by atoms with E-state index in [1.54, 1.807) is 0 Å². The molecule has 30 heavy (non-hydrogen) atoms. The number of pyridine rings is 1. The predicted molar refractivity (Wildman–Crippen MR) is 124 cm³/mol. The van der Waals surface area contributed by atoms with Crippen LogP contribution in [0, 0.1) is 6.92 Å². The van der Waals surface area contributed by atoms with Crippen LogP contribution in [0.15, 0.2) is 53.9 Å². The minimum absolute atomic E-state index is 0.0244. The lowest BCUT2D eigenvalue weighted by molar-refractivity contribution is 0.0670. The van der Waals surface area contributed by atoms with Gasteiger partial charge in [-0.1, -0.05) is 18.2 Å². The van der Waals surface area contributed by atoms with E-state index in [1.165, 1.54) is 15.6 Å². The van der Waals surface area contributed by atoms with E-state index in [9.17, 15) is 0 Å². The van der Waals surface area contributed by atoms with E-state index < -0.39 is 0 Å². The van der Waals surface area contributed by atoms with Crippen LogP contribution in [0.5, 0.6) is 11.5 Å². The fourth-order valence-electron chi connectivity index (χ4n) is 4.17. The number of likely N-dealkylation sites (N-methyl/N-ethyl adjacent to an activating group) is 1. The lowest BCUT2D eigenvalue weighted by Gasteiger charge is -2.30. The van der Waals surface area contributed by atoms with E-state index in [2.05, 4.69) is 52.6 Å². The summed E-state index contributed by atoms with van der Waals surface area (Å²) in [7, 11) is 2.17. The number of hydrogen-bond donors (Lipinski definition) is 0. The summed E-state index contributed by atoms with van der Waals surface area (Å²) < 4.78 is 13.7. The number of nitrogens with zero attached hydrogens (tertiary/aromatic N) is 2. The van der Waals surface area contributed by atoms with Crippen LogP contribution in [0.2, 0.25) is 0 Å². The molecule has 0 amide bonds. The molecule has 0 N–H and O–H groups in total.